The molecule has 3 aliphatic rings. The molecule has 3 heterocycles. The van der Waals surface area contributed by atoms with Crippen molar-refractivity contribution in [3.63, 3.8) is 0 Å². The summed E-state index contributed by atoms with van der Waals surface area (Å²) in [5.41, 5.74) is 3.28. The number of nitrogens with zero attached hydrogens (tertiary/aromatic N) is 3. The van der Waals surface area contributed by atoms with Crippen LogP contribution in [-0.2, 0) is 0 Å². The van der Waals surface area contributed by atoms with Gasteiger partial charge in [-0.15, -0.1) is 0 Å². The fourth-order valence-corrected chi connectivity index (χ4v) is 5.88. The Kier molecular flexibility index (Phi) is 4.96. The summed E-state index contributed by atoms with van der Waals surface area (Å²) in [6.45, 7) is 2.06. The number of hydrogen-bond donors (Lipinski definition) is 0. The quantitative estimate of drug-likeness (QED) is 0.513. The highest BCUT2D eigenvalue weighted by molar-refractivity contribution is 7.99. The summed E-state index contributed by atoms with van der Waals surface area (Å²) in [7, 11) is 2.19. The SMILES string of the molecule is CN1CCC2(CC1)Oc1ccccc1[C@H]1CC(c3ccc(Sc4ccccc4)cc3)=NN12. The average Bonchev–Trinajstić information content (AvgIpc) is 3.29. The Labute approximate surface area is 193 Å². The molecule has 0 radical (unpaired) electrons. The lowest BCUT2D eigenvalue weighted by Gasteiger charge is -2.50. The van der Waals surface area contributed by atoms with E-state index in [-0.39, 0.29) is 11.8 Å². The second-order valence-corrected chi connectivity index (χ2v) is 10.1. The number of para-hydroxylation sites is 1. The van der Waals surface area contributed by atoms with Crippen molar-refractivity contribution in [1.29, 1.82) is 0 Å². The summed E-state index contributed by atoms with van der Waals surface area (Å²) in [5, 5.41) is 7.49. The normalized spacial score (nSPS) is 21.6. The van der Waals surface area contributed by atoms with Crippen molar-refractivity contribution < 1.29 is 4.74 Å². The molecule has 1 atom stereocenters. The molecule has 0 aliphatic carbocycles. The van der Waals surface area contributed by atoms with Crippen molar-refractivity contribution in [3.8, 4) is 5.75 Å². The summed E-state index contributed by atoms with van der Waals surface area (Å²) < 4.78 is 6.68. The van der Waals surface area contributed by atoms with Gasteiger partial charge >= 0.3 is 0 Å². The van der Waals surface area contributed by atoms with Gasteiger partial charge in [0.05, 0.1) is 11.8 Å². The van der Waals surface area contributed by atoms with Gasteiger partial charge in [-0.3, -0.25) is 0 Å². The van der Waals surface area contributed by atoms with Crippen LogP contribution in [-0.4, -0.2) is 41.5 Å². The molecule has 162 valence electrons. The summed E-state index contributed by atoms with van der Waals surface area (Å²) in [5.74, 6) is 1.03. The van der Waals surface area contributed by atoms with Crippen molar-refractivity contribution in [2.45, 2.75) is 40.8 Å². The van der Waals surface area contributed by atoms with Crippen LogP contribution in [0.15, 0.2) is 93.8 Å². The maximum absolute atomic E-state index is 6.68. The van der Waals surface area contributed by atoms with E-state index in [1.165, 1.54) is 20.9 Å². The van der Waals surface area contributed by atoms with Crippen molar-refractivity contribution in [1.82, 2.24) is 9.91 Å². The standard InChI is InChI=1S/C27H27N3OS/c1-29-17-15-27(16-18-29)30-25(23-9-5-6-10-26(23)31-27)19-24(28-30)20-11-13-22(14-12-20)32-21-7-3-2-4-8-21/h2-14,25H,15-19H2,1H3/t25-/m1/s1. The minimum atomic E-state index is -0.337. The predicted octanol–water partition coefficient (Wildman–Crippen LogP) is 5.80. The molecule has 5 heteroatoms. The van der Waals surface area contributed by atoms with Crippen LogP contribution in [0.3, 0.4) is 0 Å². The zero-order valence-corrected chi connectivity index (χ0v) is 19.1. The number of piperidine rings is 1. The Bertz CT molecular complexity index is 1140. The smallest absolute Gasteiger partial charge is 0.200 e. The first kappa shape index (κ1) is 19.9. The Morgan fingerprint density at radius 1 is 0.875 bits per heavy atom. The minimum absolute atomic E-state index is 0.247. The first-order valence-electron chi connectivity index (χ1n) is 11.4. The minimum Gasteiger partial charge on any atom is -0.466 e. The predicted molar refractivity (Wildman–Crippen MR) is 129 cm³/mol. The molecule has 0 amide bonds. The molecule has 4 nitrogen and oxygen atoms in total. The largest absolute Gasteiger partial charge is 0.466 e. The zero-order valence-electron chi connectivity index (χ0n) is 18.3. The Morgan fingerprint density at radius 3 is 2.34 bits per heavy atom. The maximum atomic E-state index is 6.68. The number of benzene rings is 3. The van der Waals surface area contributed by atoms with Gasteiger partial charge in [0.1, 0.15) is 5.75 Å². The van der Waals surface area contributed by atoms with Crippen LogP contribution in [0.25, 0.3) is 0 Å². The molecule has 0 bridgehead atoms. The molecule has 32 heavy (non-hydrogen) atoms. The molecule has 6 rings (SSSR count). The summed E-state index contributed by atoms with van der Waals surface area (Å²) in [6, 6.07) is 28.1. The van der Waals surface area contributed by atoms with E-state index in [0.717, 1.165) is 43.8 Å². The van der Waals surface area contributed by atoms with Crippen LogP contribution < -0.4 is 4.74 Å². The number of fused-ring (bicyclic) bond motifs is 4. The van der Waals surface area contributed by atoms with Gasteiger partial charge in [-0.2, -0.15) is 5.10 Å². The van der Waals surface area contributed by atoms with E-state index in [0.29, 0.717) is 0 Å². The third kappa shape index (κ3) is 3.50. The molecule has 0 aromatic heterocycles. The van der Waals surface area contributed by atoms with Crippen LogP contribution >= 0.6 is 11.8 Å². The highest BCUT2D eigenvalue weighted by atomic mass is 32.2. The van der Waals surface area contributed by atoms with Gasteiger partial charge in [-0.05, 0) is 42.9 Å². The Balaban J connectivity index is 1.30. The van der Waals surface area contributed by atoms with Crippen molar-refractivity contribution in [2.75, 3.05) is 20.1 Å². The van der Waals surface area contributed by atoms with Gasteiger partial charge in [0.25, 0.3) is 0 Å². The molecule has 0 unspecified atom stereocenters. The van der Waals surface area contributed by atoms with Gasteiger partial charge < -0.3 is 9.64 Å². The van der Waals surface area contributed by atoms with Crippen LogP contribution in [0, 0.1) is 0 Å². The lowest BCUT2D eigenvalue weighted by molar-refractivity contribution is -0.147. The van der Waals surface area contributed by atoms with E-state index < -0.39 is 0 Å². The summed E-state index contributed by atoms with van der Waals surface area (Å²) >= 11 is 1.79. The van der Waals surface area contributed by atoms with Crippen molar-refractivity contribution in [3.05, 3.63) is 90.0 Å². The van der Waals surface area contributed by atoms with Crippen LogP contribution in [0.2, 0.25) is 0 Å². The monoisotopic (exact) mass is 441 g/mol. The van der Waals surface area contributed by atoms with Crippen LogP contribution in [0.4, 0.5) is 0 Å². The van der Waals surface area contributed by atoms with E-state index in [1.807, 2.05) is 0 Å². The second-order valence-electron chi connectivity index (χ2n) is 8.94. The van der Waals surface area contributed by atoms with Gasteiger partial charge in [0.2, 0.25) is 5.72 Å². The zero-order chi connectivity index (χ0) is 21.5. The summed E-state index contributed by atoms with van der Waals surface area (Å²) in [6.07, 6.45) is 2.86. The number of hydrogen-bond acceptors (Lipinski definition) is 5. The third-order valence-electron chi connectivity index (χ3n) is 6.84. The van der Waals surface area contributed by atoms with Gasteiger partial charge in [-0.25, -0.2) is 5.01 Å². The second kappa shape index (κ2) is 7.98. The molecule has 3 aliphatic heterocycles. The lowest BCUT2D eigenvalue weighted by atomic mass is 9.91. The number of hydrazone groups is 1. The number of rotatable bonds is 3. The van der Waals surface area contributed by atoms with Gasteiger partial charge in [0, 0.05) is 47.7 Å². The van der Waals surface area contributed by atoms with E-state index in [1.54, 1.807) is 11.8 Å². The maximum Gasteiger partial charge on any atom is 0.200 e. The van der Waals surface area contributed by atoms with Crippen molar-refractivity contribution in [2.24, 2.45) is 5.10 Å². The van der Waals surface area contributed by atoms with Crippen LogP contribution in [0.5, 0.6) is 5.75 Å². The molecular formula is C27H27N3OS. The first-order valence-corrected chi connectivity index (χ1v) is 12.2. The third-order valence-corrected chi connectivity index (χ3v) is 7.86. The molecule has 1 spiro atoms. The van der Waals surface area contributed by atoms with E-state index in [2.05, 4.69) is 95.8 Å². The van der Waals surface area contributed by atoms with Crippen molar-refractivity contribution >= 4 is 17.5 Å². The van der Waals surface area contributed by atoms with Gasteiger partial charge in [-0.1, -0.05) is 60.3 Å². The molecular weight excluding hydrogens is 414 g/mol. The Hall–Kier alpha value is -2.76. The Morgan fingerprint density at radius 2 is 1.56 bits per heavy atom. The van der Waals surface area contributed by atoms with Crippen LogP contribution in [0.1, 0.15) is 36.4 Å². The lowest BCUT2D eigenvalue weighted by Crippen LogP contribution is -2.58. The topological polar surface area (TPSA) is 28.1 Å². The molecule has 1 fully saturated rings. The van der Waals surface area contributed by atoms with Gasteiger partial charge in [0.15, 0.2) is 0 Å². The fourth-order valence-electron chi connectivity index (χ4n) is 5.04. The molecule has 0 N–H and O–H groups in total. The number of ether oxygens (including phenoxy) is 1. The highest BCUT2D eigenvalue weighted by Crippen LogP contribution is 2.49. The molecule has 0 saturated carbocycles. The number of likely N-dealkylation sites (tertiary alicyclic amines) is 1. The fraction of sp³-hybridized carbons (Fsp3) is 0.296. The van der Waals surface area contributed by atoms with E-state index in [4.69, 9.17) is 9.84 Å². The first-order chi connectivity index (χ1) is 15.7. The molecule has 3 aromatic carbocycles. The summed E-state index contributed by atoms with van der Waals surface area (Å²) in [4.78, 5) is 4.89. The molecule has 3 aromatic rings. The molecule has 1 saturated heterocycles. The highest BCUT2D eigenvalue weighted by Gasteiger charge is 2.51. The average molecular weight is 442 g/mol. The van der Waals surface area contributed by atoms with E-state index in [9.17, 15) is 0 Å². The van der Waals surface area contributed by atoms with E-state index >= 15 is 0 Å².